The summed E-state index contributed by atoms with van der Waals surface area (Å²) >= 11 is 0. The summed E-state index contributed by atoms with van der Waals surface area (Å²) in [5.41, 5.74) is 0. The predicted octanol–water partition coefficient (Wildman–Crippen LogP) is -0.382. The highest BCUT2D eigenvalue weighted by molar-refractivity contribution is 5.93. The largest absolute Gasteiger partial charge is 0.394 e. The second kappa shape index (κ2) is 4.99. The average molecular weight is 197 g/mol. The van der Waals surface area contributed by atoms with Crippen LogP contribution in [0.5, 0.6) is 0 Å². The molecule has 2 atom stereocenters. The Hall–Kier alpha value is -1.05. The molecule has 1 N–H and O–H groups in total. The van der Waals surface area contributed by atoms with E-state index in [-0.39, 0.29) is 24.7 Å². The Labute approximate surface area is 83.8 Å². The summed E-state index contributed by atoms with van der Waals surface area (Å²) in [5, 5.41) is 8.91. The van der Waals surface area contributed by atoms with Crippen molar-refractivity contribution < 1.29 is 14.6 Å². The molecular formula is C10H15NO3. The van der Waals surface area contributed by atoms with Gasteiger partial charge in [0.2, 0.25) is 0 Å². The fourth-order valence-corrected chi connectivity index (χ4v) is 1.39. The number of morpholine rings is 1. The standard InChI is InChI=1S/C10H15NO3/c1-3-4-10(13)11-5-9(6-12)14-7-8(11)2/h8-9,12H,5-7H2,1-2H3. The zero-order chi connectivity index (χ0) is 10.6. The molecule has 1 aliphatic rings. The second-order valence-electron chi connectivity index (χ2n) is 3.32. The zero-order valence-corrected chi connectivity index (χ0v) is 8.49. The number of carbonyl (C=O) groups is 1. The van der Waals surface area contributed by atoms with Crippen LogP contribution in [0, 0.1) is 11.8 Å². The van der Waals surface area contributed by atoms with Crippen LogP contribution in [0.3, 0.4) is 0 Å². The normalized spacial score (nSPS) is 26.6. The van der Waals surface area contributed by atoms with Crippen molar-refractivity contribution in [1.29, 1.82) is 0 Å². The van der Waals surface area contributed by atoms with E-state index in [0.29, 0.717) is 13.2 Å². The zero-order valence-electron chi connectivity index (χ0n) is 8.49. The van der Waals surface area contributed by atoms with Gasteiger partial charge < -0.3 is 14.7 Å². The number of rotatable bonds is 1. The molecule has 1 fully saturated rings. The van der Waals surface area contributed by atoms with Crippen LogP contribution >= 0.6 is 0 Å². The summed E-state index contributed by atoms with van der Waals surface area (Å²) in [6.45, 7) is 4.36. The highest BCUT2D eigenvalue weighted by Crippen LogP contribution is 2.11. The summed E-state index contributed by atoms with van der Waals surface area (Å²) in [6, 6.07) is 0.0335. The van der Waals surface area contributed by atoms with Gasteiger partial charge >= 0.3 is 0 Å². The third kappa shape index (κ3) is 2.47. The molecule has 0 aromatic rings. The number of amides is 1. The van der Waals surface area contributed by atoms with E-state index in [1.54, 1.807) is 11.8 Å². The SMILES string of the molecule is CC#CC(=O)N1CC(CO)OCC1C. The monoisotopic (exact) mass is 197 g/mol. The maximum atomic E-state index is 11.5. The van der Waals surface area contributed by atoms with Crippen LogP contribution in [0.2, 0.25) is 0 Å². The first-order valence-corrected chi connectivity index (χ1v) is 4.64. The molecule has 4 heteroatoms. The van der Waals surface area contributed by atoms with Crippen LogP contribution in [0.4, 0.5) is 0 Å². The third-order valence-corrected chi connectivity index (χ3v) is 2.20. The van der Waals surface area contributed by atoms with E-state index in [1.165, 1.54) is 0 Å². The van der Waals surface area contributed by atoms with Crippen molar-refractivity contribution in [3.8, 4) is 11.8 Å². The Morgan fingerprint density at radius 3 is 3.00 bits per heavy atom. The third-order valence-electron chi connectivity index (χ3n) is 2.20. The number of nitrogens with zero attached hydrogens (tertiary/aromatic N) is 1. The van der Waals surface area contributed by atoms with Crippen molar-refractivity contribution in [3.05, 3.63) is 0 Å². The van der Waals surface area contributed by atoms with Gasteiger partial charge in [0.05, 0.1) is 31.9 Å². The van der Waals surface area contributed by atoms with Crippen LogP contribution in [-0.2, 0) is 9.53 Å². The van der Waals surface area contributed by atoms with Gasteiger partial charge in [-0.2, -0.15) is 0 Å². The van der Waals surface area contributed by atoms with E-state index in [0.717, 1.165) is 0 Å². The molecule has 0 radical (unpaired) electrons. The lowest BCUT2D eigenvalue weighted by Crippen LogP contribution is -2.51. The molecule has 1 saturated heterocycles. The van der Waals surface area contributed by atoms with Gasteiger partial charge in [-0.15, -0.1) is 0 Å². The molecule has 1 aliphatic heterocycles. The van der Waals surface area contributed by atoms with Crippen molar-refractivity contribution in [3.63, 3.8) is 0 Å². The van der Waals surface area contributed by atoms with Gasteiger partial charge in [0.1, 0.15) is 0 Å². The number of ether oxygens (including phenoxy) is 1. The molecule has 14 heavy (non-hydrogen) atoms. The molecule has 0 spiro atoms. The average Bonchev–Trinajstić information content (AvgIpc) is 2.19. The Kier molecular flexibility index (Phi) is 3.93. The van der Waals surface area contributed by atoms with Crippen molar-refractivity contribution in [1.82, 2.24) is 4.90 Å². The van der Waals surface area contributed by atoms with Crippen LogP contribution in [0.1, 0.15) is 13.8 Å². The van der Waals surface area contributed by atoms with Crippen molar-refractivity contribution in [2.24, 2.45) is 0 Å². The number of aliphatic hydroxyl groups is 1. The quantitative estimate of drug-likeness (QED) is 0.583. The fraction of sp³-hybridized carbons (Fsp3) is 0.700. The van der Waals surface area contributed by atoms with E-state index >= 15 is 0 Å². The maximum absolute atomic E-state index is 11.5. The number of hydrogen-bond acceptors (Lipinski definition) is 3. The first kappa shape index (κ1) is 11.0. The lowest BCUT2D eigenvalue weighted by molar-refractivity contribution is -0.140. The smallest absolute Gasteiger partial charge is 0.298 e. The molecular weight excluding hydrogens is 182 g/mol. The van der Waals surface area contributed by atoms with Crippen molar-refractivity contribution in [2.75, 3.05) is 19.8 Å². The van der Waals surface area contributed by atoms with Gasteiger partial charge in [-0.05, 0) is 19.8 Å². The van der Waals surface area contributed by atoms with Gasteiger partial charge in [-0.1, -0.05) is 5.92 Å². The highest BCUT2D eigenvalue weighted by atomic mass is 16.5. The first-order valence-electron chi connectivity index (χ1n) is 4.64. The van der Waals surface area contributed by atoms with Crippen molar-refractivity contribution in [2.45, 2.75) is 26.0 Å². The van der Waals surface area contributed by atoms with E-state index in [1.807, 2.05) is 6.92 Å². The lowest BCUT2D eigenvalue weighted by Gasteiger charge is -2.36. The molecule has 1 heterocycles. The van der Waals surface area contributed by atoms with E-state index in [4.69, 9.17) is 9.84 Å². The Morgan fingerprint density at radius 2 is 2.43 bits per heavy atom. The topological polar surface area (TPSA) is 49.8 Å². The molecule has 0 aromatic carbocycles. The summed E-state index contributed by atoms with van der Waals surface area (Å²) < 4.78 is 5.31. The van der Waals surface area contributed by atoms with Crippen LogP contribution in [0.15, 0.2) is 0 Å². The number of carbonyl (C=O) groups excluding carboxylic acids is 1. The molecule has 0 aliphatic carbocycles. The van der Waals surface area contributed by atoms with E-state index in [2.05, 4.69) is 11.8 Å². The van der Waals surface area contributed by atoms with Crippen LogP contribution < -0.4 is 0 Å². The predicted molar refractivity (Wildman–Crippen MR) is 51.5 cm³/mol. The summed E-state index contributed by atoms with van der Waals surface area (Å²) in [6.07, 6.45) is -0.270. The minimum absolute atomic E-state index is 0.0335. The van der Waals surface area contributed by atoms with Gasteiger partial charge in [0.25, 0.3) is 5.91 Å². The van der Waals surface area contributed by atoms with Gasteiger partial charge in [-0.3, -0.25) is 4.79 Å². The summed E-state index contributed by atoms with van der Waals surface area (Å²) in [5.74, 6) is 4.87. The Balaban J connectivity index is 2.63. The number of aliphatic hydroxyl groups excluding tert-OH is 1. The molecule has 0 bridgehead atoms. The van der Waals surface area contributed by atoms with Gasteiger partial charge in [0, 0.05) is 0 Å². The molecule has 0 saturated carbocycles. The Morgan fingerprint density at radius 1 is 1.71 bits per heavy atom. The Bertz CT molecular complexity index is 266. The van der Waals surface area contributed by atoms with Gasteiger partial charge in [0.15, 0.2) is 0 Å². The molecule has 4 nitrogen and oxygen atoms in total. The molecule has 78 valence electrons. The lowest BCUT2D eigenvalue weighted by atomic mass is 10.2. The summed E-state index contributed by atoms with van der Waals surface area (Å²) in [4.78, 5) is 13.1. The minimum atomic E-state index is -0.270. The number of hydrogen-bond donors (Lipinski definition) is 1. The van der Waals surface area contributed by atoms with E-state index < -0.39 is 0 Å². The molecule has 1 rings (SSSR count). The highest BCUT2D eigenvalue weighted by Gasteiger charge is 2.28. The summed E-state index contributed by atoms with van der Waals surface area (Å²) in [7, 11) is 0. The van der Waals surface area contributed by atoms with Crippen LogP contribution in [0.25, 0.3) is 0 Å². The molecule has 2 unspecified atom stereocenters. The maximum Gasteiger partial charge on any atom is 0.298 e. The second-order valence-corrected chi connectivity index (χ2v) is 3.32. The minimum Gasteiger partial charge on any atom is -0.394 e. The van der Waals surface area contributed by atoms with Crippen LogP contribution in [-0.4, -0.2) is 47.8 Å². The fourth-order valence-electron chi connectivity index (χ4n) is 1.39. The molecule has 0 aromatic heterocycles. The molecule has 1 amide bonds. The van der Waals surface area contributed by atoms with Gasteiger partial charge in [-0.25, -0.2) is 0 Å². The van der Waals surface area contributed by atoms with Crippen molar-refractivity contribution >= 4 is 5.91 Å². The first-order chi connectivity index (χ1) is 6.69. The van der Waals surface area contributed by atoms with E-state index in [9.17, 15) is 4.79 Å².